The van der Waals surface area contributed by atoms with Crippen molar-refractivity contribution in [2.45, 2.75) is 25.8 Å². The molecule has 1 aliphatic rings. The topological polar surface area (TPSA) is 28.2 Å². The van der Waals surface area contributed by atoms with Gasteiger partial charge in [-0.25, -0.2) is 0 Å². The maximum atomic E-state index is 4.12. The summed E-state index contributed by atoms with van der Waals surface area (Å²) >= 11 is 0. The van der Waals surface area contributed by atoms with Gasteiger partial charge in [0, 0.05) is 18.4 Å². The first-order valence-electron chi connectivity index (χ1n) is 6.11. The van der Waals surface area contributed by atoms with Gasteiger partial charge in [0.05, 0.1) is 5.69 Å². The molecule has 16 heavy (non-hydrogen) atoms. The van der Waals surface area contributed by atoms with E-state index in [1.54, 1.807) is 0 Å². The highest BCUT2D eigenvalue weighted by atomic mass is 15.1. The second-order valence-electron chi connectivity index (χ2n) is 4.82. The Balaban J connectivity index is 1.86. The molecule has 0 aliphatic carbocycles. The van der Waals surface area contributed by atoms with Crippen molar-refractivity contribution in [3.05, 3.63) is 24.5 Å². The predicted octanol–water partition coefficient (Wildman–Crippen LogP) is 2.22. The highest BCUT2D eigenvalue weighted by Gasteiger charge is 2.21. The highest BCUT2D eigenvalue weighted by molar-refractivity contribution is 5.40. The quantitative estimate of drug-likeness (QED) is 0.845. The predicted molar refractivity (Wildman–Crippen MR) is 67.5 cm³/mol. The molecule has 1 saturated heterocycles. The Morgan fingerprint density at radius 2 is 2.19 bits per heavy atom. The first-order chi connectivity index (χ1) is 7.75. The van der Waals surface area contributed by atoms with Crippen LogP contribution in [0.15, 0.2) is 24.5 Å². The van der Waals surface area contributed by atoms with Crippen molar-refractivity contribution in [3.8, 4) is 0 Å². The molecule has 2 heterocycles. The molecule has 1 atom stereocenters. The first-order valence-corrected chi connectivity index (χ1v) is 6.11. The fourth-order valence-electron chi connectivity index (χ4n) is 2.36. The summed E-state index contributed by atoms with van der Waals surface area (Å²) in [5.41, 5.74) is 1.13. The number of nitrogens with one attached hydrogen (secondary N) is 1. The van der Waals surface area contributed by atoms with Crippen LogP contribution in [0.5, 0.6) is 0 Å². The summed E-state index contributed by atoms with van der Waals surface area (Å²) in [6.07, 6.45) is 6.30. The molecule has 3 nitrogen and oxygen atoms in total. The van der Waals surface area contributed by atoms with Crippen molar-refractivity contribution in [2.75, 3.05) is 25.5 Å². The molecule has 0 spiro atoms. The Morgan fingerprint density at radius 3 is 2.81 bits per heavy atom. The molecule has 1 aromatic heterocycles. The van der Waals surface area contributed by atoms with Gasteiger partial charge >= 0.3 is 0 Å². The van der Waals surface area contributed by atoms with Crippen molar-refractivity contribution in [1.29, 1.82) is 0 Å². The fourth-order valence-corrected chi connectivity index (χ4v) is 2.36. The van der Waals surface area contributed by atoms with Gasteiger partial charge in [0.25, 0.3) is 0 Å². The number of aromatic nitrogens is 1. The molecule has 0 saturated carbocycles. The molecule has 0 aromatic carbocycles. The van der Waals surface area contributed by atoms with E-state index in [0.29, 0.717) is 6.04 Å². The summed E-state index contributed by atoms with van der Waals surface area (Å²) in [4.78, 5) is 6.53. The van der Waals surface area contributed by atoms with Crippen LogP contribution in [0.25, 0.3) is 0 Å². The lowest BCUT2D eigenvalue weighted by molar-refractivity contribution is 0.208. The molecular weight excluding hydrogens is 198 g/mol. The van der Waals surface area contributed by atoms with Gasteiger partial charge in [-0.15, -0.1) is 0 Å². The molecule has 3 heteroatoms. The molecule has 2 rings (SSSR count). The third-order valence-corrected chi connectivity index (χ3v) is 3.53. The zero-order valence-corrected chi connectivity index (χ0v) is 10.2. The van der Waals surface area contributed by atoms with Crippen molar-refractivity contribution < 1.29 is 0 Å². The smallest absolute Gasteiger partial charge is 0.0528 e. The van der Waals surface area contributed by atoms with E-state index in [0.717, 1.165) is 11.6 Å². The zero-order chi connectivity index (χ0) is 11.4. The van der Waals surface area contributed by atoms with Crippen molar-refractivity contribution in [1.82, 2.24) is 9.88 Å². The molecule has 1 N–H and O–H groups in total. The summed E-state index contributed by atoms with van der Waals surface area (Å²) in [5, 5.41) is 3.55. The van der Waals surface area contributed by atoms with Crippen LogP contribution in [0.2, 0.25) is 0 Å². The van der Waals surface area contributed by atoms with E-state index >= 15 is 0 Å². The molecule has 1 fully saturated rings. The van der Waals surface area contributed by atoms with Gasteiger partial charge in [-0.05, 0) is 58.0 Å². The van der Waals surface area contributed by atoms with Crippen molar-refractivity contribution >= 4 is 5.69 Å². The minimum absolute atomic E-state index is 0.540. The van der Waals surface area contributed by atoms with Crippen LogP contribution in [-0.4, -0.2) is 36.1 Å². The number of hydrogen-bond donors (Lipinski definition) is 1. The van der Waals surface area contributed by atoms with Crippen LogP contribution >= 0.6 is 0 Å². The van der Waals surface area contributed by atoms with Crippen LogP contribution in [0.4, 0.5) is 5.69 Å². The summed E-state index contributed by atoms with van der Waals surface area (Å²) in [5.74, 6) is 0.788. The Morgan fingerprint density at radius 1 is 1.44 bits per heavy atom. The lowest BCUT2D eigenvalue weighted by Gasteiger charge is -2.33. The summed E-state index contributed by atoms with van der Waals surface area (Å²) in [7, 11) is 2.20. The minimum atomic E-state index is 0.540. The maximum absolute atomic E-state index is 4.12. The second kappa shape index (κ2) is 5.30. The van der Waals surface area contributed by atoms with Gasteiger partial charge in [-0.2, -0.15) is 0 Å². The Bertz CT molecular complexity index is 304. The average molecular weight is 219 g/mol. The number of rotatable bonds is 3. The van der Waals surface area contributed by atoms with E-state index in [1.807, 2.05) is 18.5 Å². The summed E-state index contributed by atoms with van der Waals surface area (Å²) in [6, 6.07) is 4.60. The lowest BCUT2D eigenvalue weighted by Crippen LogP contribution is -2.37. The number of piperidine rings is 1. The second-order valence-corrected chi connectivity index (χ2v) is 4.82. The third-order valence-electron chi connectivity index (χ3n) is 3.53. The maximum Gasteiger partial charge on any atom is 0.0528 e. The Kier molecular flexibility index (Phi) is 3.78. The molecule has 1 aliphatic heterocycles. The van der Waals surface area contributed by atoms with Crippen molar-refractivity contribution in [3.63, 3.8) is 0 Å². The van der Waals surface area contributed by atoms with Crippen molar-refractivity contribution in [2.24, 2.45) is 5.92 Å². The number of likely N-dealkylation sites (tertiary alicyclic amines) is 1. The molecule has 1 unspecified atom stereocenters. The number of hydrogen-bond acceptors (Lipinski definition) is 3. The molecule has 88 valence electrons. The van der Waals surface area contributed by atoms with Crippen LogP contribution in [-0.2, 0) is 0 Å². The Hall–Kier alpha value is -1.09. The van der Waals surface area contributed by atoms with Gasteiger partial charge in [0.15, 0.2) is 0 Å². The standard InChI is InChI=1S/C13H21N3/c1-11(12-5-8-16(2)9-6-12)15-13-4-3-7-14-10-13/h3-4,7,10-12,15H,5-6,8-9H2,1-2H3. The van der Waals surface area contributed by atoms with Gasteiger partial charge < -0.3 is 10.2 Å². The minimum Gasteiger partial charge on any atom is -0.381 e. The van der Waals surface area contributed by atoms with E-state index in [2.05, 4.69) is 35.2 Å². The van der Waals surface area contributed by atoms with E-state index in [1.165, 1.54) is 25.9 Å². The van der Waals surface area contributed by atoms with Gasteiger partial charge in [0.2, 0.25) is 0 Å². The fraction of sp³-hybridized carbons (Fsp3) is 0.615. The summed E-state index contributed by atoms with van der Waals surface area (Å²) < 4.78 is 0. The Labute approximate surface area is 97.9 Å². The van der Waals surface area contributed by atoms with Gasteiger partial charge in [-0.1, -0.05) is 0 Å². The largest absolute Gasteiger partial charge is 0.381 e. The summed E-state index contributed by atoms with van der Waals surface area (Å²) in [6.45, 7) is 4.73. The monoisotopic (exact) mass is 219 g/mol. The van der Waals surface area contributed by atoms with Gasteiger partial charge in [0.1, 0.15) is 0 Å². The van der Waals surface area contributed by atoms with Crippen LogP contribution in [0, 0.1) is 5.92 Å². The van der Waals surface area contributed by atoms with E-state index < -0.39 is 0 Å². The number of anilines is 1. The molecular formula is C13H21N3. The number of nitrogens with zero attached hydrogens (tertiary/aromatic N) is 2. The van der Waals surface area contributed by atoms with Crippen LogP contribution in [0.3, 0.4) is 0 Å². The van der Waals surface area contributed by atoms with E-state index in [-0.39, 0.29) is 0 Å². The lowest BCUT2D eigenvalue weighted by atomic mass is 9.90. The average Bonchev–Trinajstić information content (AvgIpc) is 2.31. The molecule has 0 bridgehead atoms. The van der Waals surface area contributed by atoms with E-state index in [4.69, 9.17) is 0 Å². The van der Waals surface area contributed by atoms with E-state index in [9.17, 15) is 0 Å². The van der Waals surface area contributed by atoms with Crippen LogP contribution in [0.1, 0.15) is 19.8 Å². The molecule has 1 aromatic rings. The molecule has 0 radical (unpaired) electrons. The van der Waals surface area contributed by atoms with Gasteiger partial charge in [-0.3, -0.25) is 4.98 Å². The zero-order valence-electron chi connectivity index (χ0n) is 10.2. The molecule has 0 amide bonds. The number of pyridine rings is 1. The SMILES string of the molecule is CC(Nc1cccnc1)C1CCN(C)CC1. The highest BCUT2D eigenvalue weighted by Crippen LogP contribution is 2.22. The normalized spacial score (nSPS) is 20.6. The third kappa shape index (κ3) is 2.95. The first kappa shape index (κ1) is 11.4. The van der Waals surface area contributed by atoms with Crippen LogP contribution < -0.4 is 5.32 Å².